The second kappa shape index (κ2) is 5.36. The van der Waals surface area contributed by atoms with Crippen LogP contribution in [0.2, 0.25) is 0 Å². The maximum absolute atomic E-state index is 9.40. The van der Waals surface area contributed by atoms with E-state index in [9.17, 15) is 5.11 Å². The Morgan fingerprint density at radius 1 is 1.60 bits per heavy atom. The van der Waals surface area contributed by atoms with Crippen LogP contribution in [0.25, 0.3) is 0 Å². The van der Waals surface area contributed by atoms with E-state index < -0.39 is 6.10 Å². The number of rotatable bonds is 5. The third-order valence-corrected chi connectivity index (χ3v) is 1.89. The molecule has 4 heteroatoms. The molecule has 0 saturated heterocycles. The number of amidine groups is 1. The first-order chi connectivity index (χ1) is 7.08. The molecule has 0 heterocycles. The van der Waals surface area contributed by atoms with Crippen molar-refractivity contribution >= 4 is 5.84 Å². The minimum Gasteiger partial charge on any atom is -0.491 e. The highest BCUT2D eigenvalue weighted by Gasteiger charge is 2.06. The molecule has 0 fully saturated rings. The van der Waals surface area contributed by atoms with Crippen LogP contribution in [0.15, 0.2) is 24.3 Å². The third kappa shape index (κ3) is 4.46. The van der Waals surface area contributed by atoms with Crippen LogP contribution >= 0.6 is 0 Å². The number of hydrogen-bond donors (Lipinski definition) is 3. The second-order valence-electron chi connectivity index (χ2n) is 3.51. The number of ether oxygens (including phenoxy) is 1. The van der Waals surface area contributed by atoms with Crippen molar-refractivity contribution in [2.45, 2.75) is 19.4 Å². The summed E-state index contributed by atoms with van der Waals surface area (Å²) in [6, 6.07) is 7.58. The lowest BCUT2D eigenvalue weighted by Gasteiger charge is -2.11. The van der Waals surface area contributed by atoms with Gasteiger partial charge in [0, 0.05) is 6.42 Å². The van der Waals surface area contributed by atoms with Crippen LogP contribution in [0.4, 0.5) is 0 Å². The largest absolute Gasteiger partial charge is 0.491 e. The number of benzene rings is 1. The van der Waals surface area contributed by atoms with Gasteiger partial charge < -0.3 is 15.6 Å². The summed E-state index contributed by atoms with van der Waals surface area (Å²) < 4.78 is 5.35. The number of nitrogens with one attached hydrogen (secondary N) is 1. The third-order valence-electron chi connectivity index (χ3n) is 1.89. The Morgan fingerprint density at radius 3 is 2.93 bits per heavy atom. The van der Waals surface area contributed by atoms with E-state index in [1.165, 1.54) is 0 Å². The minimum atomic E-state index is -0.719. The topological polar surface area (TPSA) is 79.3 Å². The summed E-state index contributed by atoms with van der Waals surface area (Å²) in [4.78, 5) is 0. The lowest BCUT2D eigenvalue weighted by atomic mass is 10.2. The highest BCUT2D eigenvalue weighted by atomic mass is 16.5. The van der Waals surface area contributed by atoms with E-state index >= 15 is 0 Å². The minimum absolute atomic E-state index is 0.0321. The van der Waals surface area contributed by atoms with E-state index in [2.05, 4.69) is 0 Å². The van der Waals surface area contributed by atoms with Gasteiger partial charge in [-0.1, -0.05) is 12.1 Å². The fraction of sp³-hybridized carbons (Fsp3) is 0.364. The maximum Gasteiger partial charge on any atom is 0.119 e. The summed E-state index contributed by atoms with van der Waals surface area (Å²) in [6.07, 6.45) is -0.575. The molecule has 0 aliphatic heterocycles. The quantitative estimate of drug-likeness (QED) is 0.500. The van der Waals surface area contributed by atoms with Crippen molar-refractivity contribution in [3.8, 4) is 5.75 Å². The predicted molar refractivity (Wildman–Crippen MR) is 59.2 cm³/mol. The molecule has 0 radical (unpaired) electrons. The lowest BCUT2D eigenvalue weighted by Crippen LogP contribution is -2.24. The van der Waals surface area contributed by atoms with Crippen LogP contribution < -0.4 is 10.5 Å². The van der Waals surface area contributed by atoms with Gasteiger partial charge in [-0.2, -0.15) is 0 Å². The zero-order valence-electron chi connectivity index (χ0n) is 8.73. The van der Waals surface area contributed by atoms with Gasteiger partial charge in [-0.05, 0) is 24.6 Å². The van der Waals surface area contributed by atoms with Gasteiger partial charge in [-0.3, -0.25) is 5.41 Å². The molecular weight excluding hydrogens is 192 g/mol. The molecule has 0 aromatic heterocycles. The van der Waals surface area contributed by atoms with Crippen molar-refractivity contribution in [2.75, 3.05) is 6.61 Å². The van der Waals surface area contributed by atoms with Gasteiger partial charge in [0.05, 0.1) is 11.9 Å². The van der Waals surface area contributed by atoms with Gasteiger partial charge in [-0.15, -0.1) is 0 Å². The van der Waals surface area contributed by atoms with Crippen LogP contribution in [-0.2, 0) is 0 Å². The predicted octanol–water partition coefficient (Wildman–Crippen LogP) is 1.06. The summed E-state index contributed by atoms with van der Waals surface area (Å²) in [6.45, 7) is 2.13. The fourth-order valence-electron chi connectivity index (χ4n) is 1.21. The molecule has 1 atom stereocenters. The Labute approximate surface area is 89.2 Å². The first-order valence-corrected chi connectivity index (χ1v) is 4.78. The molecule has 0 aliphatic carbocycles. The lowest BCUT2D eigenvalue weighted by molar-refractivity contribution is 0.113. The van der Waals surface area contributed by atoms with Crippen LogP contribution in [0, 0.1) is 12.3 Å². The SMILES string of the molecule is Cc1cccc(OC[C@@H](O)CC(=N)N)c1. The Balaban J connectivity index is 2.40. The highest BCUT2D eigenvalue weighted by molar-refractivity contribution is 5.77. The Bertz CT molecular complexity index is 339. The van der Waals surface area contributed by atoms with Crippen LogP contribution in [0.3, 0.4) is 0 Å². The zero-order valence-corrected chi connectivity index (χ0v) is 8.73. The Kier molecular flexibility index (Phi) is 4.12. The summed E-state index contributed by atoms with van der Waals surface area (Å²) in [5, 5.41) is 16.4. The van der Waals surface area contributed by atoms with Gasteiger partial charge in [0.15, 0.2) is 0 Å². The first kappa shape index (κ1) is 11.5. The molecule has 1 aromatic carbocycles. The van der Waals surface area contributed by atoms with Crippen molar-refractivity contribution in [1.29, 1.82) is 5.41 Å². The van der Waals surface area contributed by atoms with Crippen molar-refractivity contribution in [3.05, 3.63) is 29.8 Å². The van der Waals surface area contributed by atoms with Crippen molar-refractivity contribution in [2.24, 2.45) is 5.73 Å². The Hall–Kier alpha value is -1.55. The molecule has 15 heavy (non-hydrogen) atoms. The fourth-order valence-corrected chi connectivity index (χ4v) is 1.21. The molecule has 1 rings (SSSR count). The smallest absolute Gasteiger partial charge is 0.119 e. The van der Waals surface area contributed by atoms with E-state index in [1.807, 2.05) is 31.2 Å². The second-order valence-corrected chi connectivity index (χ2v) is 3.51. The number of hydrogen-bond acceptors (Lipinski definition) is 3. The number of aliphatic hydroxyl groups excluding tert-OH is 1. The Morgan fingerprint density at radius 2 is 2.33 bits per heavy atom. The van der Waals surface area contributed by atoms with Crippen molar-refractivity contribution < 1.29 is 9.84 Å². The summed E-state index contributed by atoms with van der Waals surface area (Å²) >= 11 is 0. The molecular formula is C11H16N2O2. The van der Waals surface area contributed by atoms with Crippen LogP contribution in [0.1, 0.15) is 12.0 Å². The van der Waals surface area contributed by atoms with Crippen LogP contribution in [-0.4, -0.2) is 23.7 Å². The average Bonchev–Trinajstić information content (AvgIpc) is 2.14. The van der Waals surface area contributed by atoms with Crippen molar-refractivity contribution in [3.63, 3.8) is 0 Å². The van der Waals surface area contributed by atoms with E-state index in [-0.39, 0.29) is 18.9 Å². The molecule has 0 amide bonds. The summed E-state index contributed by atoms with van der Waals surface area (Å²) in [7, 11) is 0. The zero-order chi connectivity index (χ0) is 11.3. The number of nitrogens with two attached hydrogens (primary N) is 1. The maximum atomic E-state index is 9.40. The molecule has 0 spiro atoms. The molecule has 0 unspecified atom stereocenters. The first-order valence-electron chi connectivity index (χ1n) is 4.78. The van der Waals surface area contributed by atoms with E-state index in [1.54, 1.807) is 0 Å². The number of aliphatic hydroxyl groups is 1. The molecule has 4 nitrogen and oxygen atoms in total. The summed E-state index contributed by atoms with van der Waals surface area (Å²) in [5.74, 6) is 0.688. The molecule has 0 saturated carbocycles. The highest BCUT2D eigenvalue weighted by Crippen LogP contribution is 2.12. The molecule has 0 bridgehead atoms. The van der Waals surface area contributed by atoms with Gasteiger partial charge >= 0.3 is 0 Å². The normalized spacial score (nSPS) is 12.1. The molecule has 0 aliphatic rings. The molecule has 82 valence electrons. The standard InChI is InChI=1S/C11H16N2O2/c1-8-3-2-4-10(5-8)15-7-9(14)6-11(12)13/h2-5,9,14H,6-7H2,1H3,(H3,12,13)/t9-/m0/s1. The molecule has 1 aromatic rings. The van der Waals surface area contributed by atoms with Crippen molar-refractivity contribution in [1.82, 2.24) is 0 Å². The summed E-state index contributed by atoms with van der Waals surface area (Å²) in [5.41, 5.74) is 6.26. The van der Waals surface area contributed by atoms with Gasteiger partial charge in [0.2, 0.25) is 0 Å². The average molecular weight is 208 g/mol. The van der Waals surface area contributed by atoms with Gasteiger partial charge in [0.1, 0.15) is 12.4 Å². The van der Waals surface area contributed by atoms with Gasteiger partial charge in [-0.25, -0.2) is 0 Å². The van der Waals surface area contributed by atoms with Crippen LogP contribution in [0.5, 0.6) is 5.75 Å². The van der Waals surface area contributed by atoms with Gasteiger partial charge in [0.25, 0.3) is 0 Å². The van der Waals surface area contributed by atoms with E-state index in [4.69, 9.17) is 15.9 Å². The van der Waals surface area contributed by atoms with E-state index in [0.29, 0.717) is 0 Å². The monoisotopic (exact) mass is 208 g/mol. The molecule has 4 N–H and O–H groups in total. The number of aryl methyl sites for hydroxylation is 1. The van der Waals surface area contributed by atoms with E-state index in [0.717, 1.165) is 11.3 Å².